The van der Waals surface area contributed by atoms with E-state index in [9.17, 15) is 4.79 Å². The zero-order valence-electron chi connectivity index (χ0n) is 16.7. The highest BCUT2D eigenvalue weighted by atomic mass is 16.2. The largest absolute Gasteiger partial charge is 0.342 e. The monoisotopic (exact) mass is 397 g/mol. The normalized spacial score (nSPS) is 14.3. The van der Waals surface area contributed by atoms with Crippen molar-refractivity contribution < 1.29 is 4.79 Å². The third-order valence-electron chi connectivity index (χ3n) is 5.62. The van der Waals surface area contributed by atoms with Crippen LogP contribution in [0.2, 0.25) is 0 Å². The van der Waals surface area contributed by atoms with Crippen molar-refractivity contribution in [3.63, 3.8) is 0 Å². The highest BCUT2D eigenvalue weighted by Crippen LogP contribution is 2.24. The molecule has 0 N–H and O–H groups in total. The second kappa shape index (κ2) is 7.99. The number of amides is 1. The molecule has 2 aromatic carbocycles. The number of carbonyl (C=O) groups is 1. The second-order valence-corrected chi connectivity index (χ2v) is 7.50. The molecule has 0 bridgehead atoms. The summed E-state index contributed by atoms with van der Waals surface area (Å²) in [6, 6.07) is 20.3. The van der Waals surface area contributed by atoms with E-state index in [1.165, 1.54) is 5.56 Å². The average Bonchev–Trinajstić information content (AvgIpc) is 3.18. The number of nitrogens with zero attached hydrogens (tertiary/aromatic N) is 5. The molecule has 6 heteroatoms. The minimum atomic E-state index is 0.0895. The standard InChI is InChI=1S/C24H23N5O/c30-23(27-13-15-28(16-14-27)24-25-11-6-12-26-24)21-18-29(17-19-7-2-1-3-8-19)22-10-5-4-9-20(21)22/h1-12,18H,13-17H2. The topological polar surface area (TPSA) is 54.3 Å². The van der Waals surface area contributed by atoms with Crippen LogP contribution in [-0.2, 0) is 6.54 Å². The number of piperazine rings is 1. The highest BCUT2D eigenvalue weighted by molar-refractivity contribution is 6.07. The Bertz CT molecular complexity index is 1150. The van der Waals surface area contributed by atoms with Crippen molar-refractivity contribution in [2.45, 2.75) is 6.54 Å². The number of carbonyl (C=O) groups excluding carboxylic acids is 1. The molecule has 30 heavy (non-hydrogen) atoms. The minimum absolute atomic E-state index is 0.0895. The number of benzene rings is 2. The summed E-state index contributed by atoms with van der Waals surface area (Å²) >= 11 is 0. The first-order valence-electron chi connectivity index (χ1n) is 10.2. The van der Waals surface area contributed by atoms with E-state index in [4.69, 9.17) is 0 Å². The lowest BCUT2D eigenvalue weighted by Crippen LogP contribution is -2.49. The van der Waals surface area contributed by atoms with Crippen LogP contribution in [0.5, 0.6) is 0 Å². The molecule has 0 radical (unpaired) electrons. The van der Waals surface area contributed by atoms with Crippen molar-refractivity contribution in [2.24, 2.45) is 0 Å². The molecule has 6 nitrogen and oxygen atoms in total. The van der Waals surface area contributed by atoms with Crippen LogP contribution >= 0.6 is 0 Å². The van der Waals surface area contributed by atoms with E-state index in [0.717, 1.165) is 42.0 Å². The molecule has 2 aromatic heterocycles. The van der Waals surface area contributed by atoms with Gasteiger partial charge >= 0.3 is 0 Å². The van der Waals surface area contributed by atoms with Gasteiger partial charge in [-0.1, -0.05) is 48.5 Å². The molecule has 1 aliphatic heterocycles. The van der Waals surface area contributed by atoms with Crippen LogP contribution in [0.1, 0.15) is 15.9 Å². The number of fused-ring (bicyclic) bond motifs is 1. The maximum Gasteiger partial charge on any atom is 0.256 e. The SMILES string of the molecule is O=C(c1cn(Cc2ccccc2)c2ccccc12)N1CCN(c2ncccn2)CC1. The summed E-state index contributed by atoms with van der Waals surface area (Å²) in [4.78, 5) is 26.1. The maximum atomic E-state index is 13.4. The third-order valence-corrected chi connectivity index (χ3v) is 5.62. The van der Waals surface area contributed by atoms with Crippen molar-refractivity contribution in [1.29, 1.82) is 0 Å². The van der Waals surface area contributed by atoms with Crippen molar-refractivity contribution >= 4 is 22.8 Å². The van der Waals surface area contributed by atoms with Gasteiger partial charge in [0.15, 0.2) is 0 Å². The fourth-order valence-electron chi connectivity index (χ4n) is 4.06. The third kappa shape index (κ3) is 3.52. The first-order valence-corrected chi connectivity index (χ1v) is 10.2. The van der Waals surface area contributed by atoms with Gasteiger partial charge < -0.3 is 14.4 Å². The molecule has 5 rings (SSSR count). The Kier molecular flexibility index (Phi) is 4.89. The molecule has 4 aromatic rings. The van der Waals surface area contributed by atoms with Crippen LogP contribution in [0.4, 0.5) is 5.95 Å². The second-order valence-electron chi connectivity index (χ2n) is 7.50. The van der Waals surface area contributed by atoms with Crippen LogP contribution in [0.3, 0.4) is 0 Å². The highest BCUT2D eigenvalue weighted by Gasteiger charge is 2.25. The lowest BCUT2D eigenvalue weighted by Gasteiger charge is -2.34. The zero-order valence-corrected chi connectivity index (χ0v) is 16.7. The maximum absolute atomic E-state index is 13.4. The van der Waals surface area contributed by atoms with Gasteiger partial charge in [0.05, 0.1) is 5.56 Å². The molecule has 3 heterocycles. The Balaban J connectivity index is 1.38. The summed E-state index contributed by atoms with van der Waals surface area (Å²) < 4.78 is 2.17. The van der Waals surface area contributed by atoms with E-state index in [0.29, 0.717) is 13.1 Å². The lowest BCUT2D eigenvalue weighted by molar-refractivity contribution is 0.0748. The van der Waals surface area contributed by atoms with Gasteiger partial charge in [-0.15, -0.1) is 0 Å². The predicted octanol–water partition coefficient (Wildman–Crippen LogP) is 3.44. The van der Waals surface area contributed by atoms with Gasteiger partial charge in [0.25, 0.3) is 5.91 Å². The molecular formula is C24H23N5O. The number of hydrogen-bond acceptors (Lipinski definition) is 4. The average molecular weight is 397 g/mol. The quantitative estimate of drug-likeness (QED) is 0.529. The molecule has 1 aliphatic rings. The van der Waals surface area contributed by atoms with E-state index in [1.807, 2.05) is 53.6 Å². The molecule has 1 saturated heterocycles. The van der Waals surface area contributed by atoms with Gasteiger partial charge in [0.1, 0.15) is 0 Å². The molecule has 0 unspecified atom stereocenters. The van der Waals surface area contributed by atoms with Gasteiger partial charge in [0, 0.05) is 62.2 Å². The Labute approximate surface area is 175 Å². The van der Waals surface area contributed by atoms with Crippen LogP contribution in [-0.4, -0.2) is 51.5 Å². The number of rotatable bonds is 4. The number of aromatic nitrogens is 3. The van der Waals surface area contributed by atoms with Gasteiger partial charge in [-0.2, -0.15) is 0 Å². The Morgan fingerprint density at radius 3 is 2.30 bits per heavy atom. The Morgan fingerprint density at radius 2 is 1.53 bits per heavy atom. The van der Waals surface area contributed by atoms with Crippen molar-refractivity contribution in [3.05, 3.63) is 90.4 Å². The first-order chi connectivity index (χ1) is 14.8. The summed E-state index contributed by atoms with van der Waals surface area (Å²) in [5.74, 6) is 0.815. The zero-order chi connectivity index (χ0) is 20.3. The molecule has 1 amide bonds. The summed E-state index contributed by atoms with van der Waals surface area (Å²) in [6.07, 6.45) is 5.51. The summed E-state index contributed by atoms with van der Waals surface area (Å²) in [5, 5.41) is 1.01. The number of anilines is 1. The van der Waals surface area contributed by atoms with Crippen molar-refractivity contribution in [2.75, 3.05) is 31.1 Å². The van der Waals surface area contributed by atoms with Crippen LogP contribution in [0.25, 0.3) is 10.9 Å². The molecule has 0 saturated carbocycles. The fourth-order valence-corrected chi connectivity index (χ4v) is 4.06. The molecule has 1 fully saturated rings. The molecular weight excluding hydrogens is 374 g/mol. The molecule has 0 atom stereocenters. The van der Waals surface area contributed by atoms with E-state index in [2.05, 4.69) is 37.6 Å². The van der Waals surface area contributed by atoms with Gasteiger partial charge in [-0.25, -0.2) is 9.97 Å². The Morgan fingerprint density at radius 1 is 0.833 bits per heavy atom. The molecule has 0 spiro atoms. The lowest BCUT2D eigenvalue weighted by atomic mass is 10.1. The summed E-state index contributed by atoms with van der Waals surface area (Å²) in [5.41, 5.74) is 3.07. The van der Waals surface area contributed by atoms with Crippen LogP contribution in [0.15, 0.2) is 79.3 Å². The number of para-hydroxylation sites is 1. The van der Waals surface area contributed by atoms with E-state index in [1.54, 1.807) is 12.4 Å². The van der Waals surface area contributed by atoms with E-state index < -0.39 is 0 Å². The van der Waals surface area contributed by atoms with E-state index in [-0.39, 0.29) is 5.91 Å². The Hall–Kier alpha value is -3.67. The van der Waals surface area contributed by atoms with Gasteiger partial charge in [-0.05, 0) is 17.7 Å². The van der Waals surface area contributed by atoms with Gasteiger partial charge in [0.2, 0.25) is 5.95 Å². The van der Waals surface area contributed by atoms with Crippen molar-refractivity contribution in [1.82, 2.24) is 19.4 Å². The predicted molar refractivity (Wildman–Crippen MR) is 118 cm³/mol. The fraction of sp³-hybridized carbons (Fsp3) is 0.208. The summed E-state index contributed by atoms with van der Waals surface area (Å²) in [6.45, 7) is 3.54. The molecule has 0 aliphatic carbocycles. The van der Waals surface area contributed by atoms with Crippen LogP contribution in [0, 0.1) is 0 Å². The molecule has 150 valence electrons. The van der Waals surface area contributed by atoms with Crippen LogP contribution < -0.4 is 4.90 Å². The number of hydrogen-bond donors (Lipinski definition) is 0. The minimum Gasteiger partial charge on any atom is -0.342 e. The van der Waals surface area contributed by atoms with E-state index >= 15 is 0 Å². The smallest absolute Gasteiger partial charge is 0.256 e. The van der Waals surface area contributed by atoms with Crippen molar-refractivity contribution in [3.8, 4) is 0 Å². The first kappa shape index (κ1) is 18.4. The summed E-state index contributed by atoms with van der Waals surface area (Å²) in [7, 11) is 0. The van der Waals surface area contributed by atoms with Gasteiger partial charge in [-0.3, -0.25) is 4.79 Å².